The molecule has 0 spiro atoms. The Bertz CT molecular complexity index is 554. The lowest BCUT2D eigenvalue weighted by Crippen LogP contribution is -2.18. The van der Waals surface area contributed by atoms with E-state index < -0.39 is 0 Å². The van der Waals surface area contributed by atoms with Crippen molar-refractivity contribution < 1.29 is 8.81 Å². The van der Waals surface area contributed by atoms with Crippen molar-refractivity contribution in [1.82, 2.24) is 10.3 Å². The Morgan fingerprint density at radius 2 is 2.21 bits per heavy atom. The zero-order valence-electron chi connectivity index (χ0n) is 10.9. The molecule has 0 aliphatic rings. The van der Waals surface area contributed by atoms with E-state index in [1.165, 1.54) is 6.07 Å². The van der Waals surface area contributed by atoms with Crippen LogP contribution in [0, 0.1) is 11.7 Å². The van der Waals surface area contributed by atoms with E-state index in [1.54, 1.807) is 18.3 Å². The van der Waals surface area contributed by atoms with E-state index in [9.17, 15) is 4.39 Å². The van der Waals surface area contributed by atoms with Gasteiger partial charge in [-0.15, -0.1) is 0 Å². The Kier molecular flexibility index (Phi) is 4.71. The number of oxazole rings is 1. The monoisotopic (exact) mass is 326 g/mol. The second-order valence-electron chi connectivity index (χ2n) is 4.77. The van der Waals surface area contributed by atoms with Gasteiger partial charge in [-0.2, -0.15) is 0 Å². The van der Waals surface area contributed by atoms with Gasteiger partial charge in [-0.3, -0.25) is 0 Å². The van der Waals surface area contributed by atoms with Gasteiger partial charge in [0.05, 0.1) is 17.2 Å². The molecule has 0 unspecified atom stereocenters. The summed E-state index contributed by atoms with van der Waals surface area (Å²) in [6.07, 6.45) is 1.62. The highest BCUT2D eigenvalue weighted by Gasteiger charge is 2.08. The molecular formula is C14H16BrFN2O. The number of aromatic nitrogens is 1. The van der Waals surface area contributed by atoms with Gasteiger partial charge < -0.3 is 9.73 Å². The number of halogens is 2. The van der Waals surface area contributed by atoms with E-state index >= 15 is 0 Å². The summed E-state index contributed by atoms with van der Waals surface area (Å²) < 4.78 is 19.5. The van der Waals surface area contributed by atoms with Crippen LogP contribution in [0.4, 0.5) is 4.39 Å². The molecule has 5 heteroatoms. The zero-order chi connectivity index (χ0) is 13.8. The molecule has 2 aromatic rings. The van der Waals surface area contributed by atoms with Gasteiger partial charge in [0.1, 0.15) is 5.82 Å². The summed E-state index contributed by atoms with van der Waals surface area (Å²) in [5.74, 6) is 1.45. The summed E-state index contributed by atoms with van der Waals surface area (Å²) in [6.45, 7) is 5.76. The molecule has 3 nitrogen and oxygen atoms in total. The molecule has 102 valence electrons. The molecule has 0 atom stereocenters. The molecule has 0 aliphatic heterocycles. The van der Waals surface area contributed by atoms with Crippen LogP contribution in [0.1, 0.15) is 19.7 Å². The van der Waals surface area contributed by atoms with Gasteiger partial charge in [0.15, 0.2) is 5.76 Å². The number of benzene rings is 1. The largest absolute Gasteiger partial charge is 0.439 e. The fourth-order valence-corrected chi connectivity index (χ4v) is 1.89. The van der Waals surface area contributed by atoms with Gasteiger partial charge in [-0.1, -0.05) is 13.8 Å². The van der Waals surface area contributed by atoms with Crippen molar-refractivity contribution >= 4 is 15.9 Å². The van der Waals surface area contributed by atoms with Crippen LogP contribution >= 0.6 is 15.9 Å². The molecular weight excluding hydrogens is 311 g/mol. The molecule has 0 saturated carbocycles. The molecule has 0 radical (unpaired) electrons. The molecule has 0 saturated heterocycles. The van der Waals surface area contributed by atoms with Crippen molar-refractivity contribution in [3.05, 3.63) is 40.6 Å². The summed E-state index contributed by atoms with van der Waals surface area (Å²) in [4.78, 5) is 4.18. The van der Waals surface area contributed by atoms with E-state index in [0.29, 0.717) is 34.1 Å². The van der Waals surface area contributed by atoms with Crippen LogP contribution in [-0.2, 0) is 6.54 Å². The van der Waals surface area contributed by atoms with Gasteiger partial charge in [-0.05, 0) is 46.6 Å². The molecule has 0 amide bonds. The first-order chi connectivity index (χ1) is 9.06. The molecule has 1 aromatic heterocycles. The predicted molar refractivity (Wildman–Crippen MR) is 76.1 cm³/mol. The minimum Gasteiger partial charge on any atom is -0.439 e. The minimum atomic E-state index is -0.312. The normalized spacial score (nSPS) is 11.2. The van der Waals surface area contributed by atoms with E-state index in [4.69, 9.17) is 4.42 Å². The van der Waals surface area contributed by atoms with Crippen molar-refractivity contribution in [2.45, 2.75) is 20.4 Å². The second kappa shape index (κ2) is 6.30. The van der Waals surface area contributed by atoms with Gasteiger partial charge in [-0.25, -0.2) is 9.37 Å². The number of hydrogen-bond acceptors (Lipinski definition) is 3. The first-order valence-corrected chi connectivity index (χ1v) is 6.96. The first-order valence-electron chi connectivity index (χ1n) is 6.17. The maximum atomic E-state index is 13.4. The fraction of sp³-hybridized carbons (Fsp3) is 0.357. The molecule has 0 bridgehead atoms. The average molecular weight is 327 g/mol. The van der Waals surface area contributed by atoms with Crippen LogP contribution < -0.4 is 5.32 Å². The smallest absolute Gasteiger partial charge is 0.208 e. The average Bonchev–Trinajstić information content (AvgIpc) is 2.81. The molecule has 1 N–H and O–H groups in total. The van der Waals surface area contributed by atoms with Crippen molar-refractivity contribution in [3.8, 4) is 11.3 Å². The van der Waals surface area contributed by atoms with Crippen LogP contribution in [-0.4, -0.2) is 11.5 Å². The van der Waals surface area contributed by atoms with Crippen LogP contribution in [0.2, 0.25) is 0 Å². The van der Waals surface area contributed by atoms with Crippen molar-refractivity contribution in [2.75, 3.05) is 6.54 Å². The third kappa shape index (κ3) is 3.88. The van der Waals surface area contributed by atoms with Crippen molar-refractivity contribution in [1.29, 1.82) is 0 Å². The Labute approximate surface area is 120 Å². The number of rotatable bonds is 5. The maximum absolute atomic E-state index is 13.4. The second-order valence-corrected chi connectivity index (χ2v) is 5.63. The lowest BCUT2D eigenvalue weighted by atomic mass is 10.2. The Hall–Kier alpha value is -1.20. The standard InChI is InChI=1S/C14H16BrFN2O/c1-9(2)6-17-8-14-18-7-13(19-14)10-3-4-11(15)12(16)5-10/h3-5,7,9,17H,6,8H2,1-2H3. The summed E-state index contributed by atoms with van der Waals surface area (Å²) in [7, 11) is 0. The lowest BCUT2D eigenvalue weighted by molar-refractivity contribution is 0.459. The molecule has 2 rings (SSSR count). The third-order valence-electron chi connectivity index (χ3n) is 2.59. The Morgan fingerprint density at radius 3 is 2.89 bits per heavy atom. The number of hydrogen-bond donors (Lipinski definition) is 1. The van der Waals surface area contributed by atoms with Crippen molar-refractivity contribution in [2.24, 2.45) is 5.92 Å². The summed E-state index contributed by atoms with van der Waals surface area (Å²) in [5, 5.41) is 3.25. The quantitative estimate of drug-likeness (QED) is 0.902. The Balaban J connectivity index is 2.05. The predicted octanol–water partition coefficient (Wildman–Crippen LogP) is 3.99. The van der Waals surface area contributed by atoms with Crippen LogP contribution in [0.15, 0.2) is 33.3 Å². The minimum absolute atomic E-state index is 0.312. The van der Waals surface area contributed by atoms with Crippen LogP contribution in [0.5, 0.6) is 0 Å². The highest BCUT2D eigenvalue weighted by atomic mass is 79.9. The molecule has 0 aliphatic carbocycles. The molecule has 1 heterocycles. The summed E-state index contributed by atoms with van der Waals surface area (Å²) in [6, 6.07) is 4.87. The topological polar surface area (TPSA) is 38.1 Å². The van der Waals surface area contributed by atoms with Gasteiger partial charge >= 0.3 is 0 Å². The maximum Gasteiger partial charge on any atom is 0.208 e. The first kappa shape index (κ1) is 14.2. The van der Waals surface area contributed by atoms with E-state index in [1.807, 2.05) is 0 Å². The van der Waals surface area contributed by atoms with E-state index in [-0.39, 0.29) is 5.82 Å². The number of nitrogens with zero attached hydrogens (tertiary/aromatic N) is 1. The zero-order valence-corrected chi connectivity index (χ0v) is 12.5. The fourth-order valence-electron chi connectivity index (χ4n) is 1.64. The highest BCUT2D eigenvalue weighted by Crippen LogP contribution is 2.25. The van der Waals surface area contributed by atoms with Gasteiger partial charge in [0.25, 0.3) is 0 Å². The molecule has 1 aromatic carbocycles. The molecule has 0 fully saturated rings. The lowest BCUT2D eigenvalue weighted by Gasteiger charge is -2.04. The van der Waals surface area contributed by atoms with Crippen LogP contribution in [0.25, 0.3) is 11.3 Å². The van der Waals surface area contributed by atoms with Crippen molar-refractivity contribution in [3.63, 3.8) is 0 Å². The van der Waals surface area contributed by atoms with E-state index in [2.05, 4.69) is 40.1 Å². The van der Waals surface area contributed by atoms with E-state index in [0.717, 1.165) is 6.54 Å². The highest BCUT2D eigenvalue weighted by molar-refractivity contribution is 9.10. The Morgan fingerprint density at radius 1 is 1.42 bits per heavy atom. The van der Waals surface area contributed by atoms with Gasteiger partial charge in [0.2, 0.25) is 5.89 Å². The summed E-state index contributed by atoms with van der Waals surface area (Å²) in [5.41, 5.74) is 0.684. The molecule has 19 heavy (non-hydrogen) atoms. The van der Waals surface area contributed by atoms with Crippen LogP contribution in [0.3, 0.4) is 0 Å². The third-order valence-corrected chi connectivity index (χ3v) is 3.23. The SMILES string of the molecule is CC(C)CNCc1ncc(-c2ccc(Br)c(F)c2)o1. The summed E-state index contributed by atoms with van der Waals surface area (Å²) >= 11 is 3.12. The number of nitrogens with one attached hydrogen (secondary N) is 1. The van der Waals surface area contributed by atoms with Gasteiger partial charge in [0, 0.05) is 5.56 Å².